The van der Waals surface area contributed by atoms with Gasteiger partial charge in [0.2, 0.25) is 0 Å². The molecule has 2 atom stereocenters. The summed E-state index contributed by atoms with van der Waals surface area (Å²) in [5.74, 6) is 1.48. The van der Waals surface area contributed by atoms with E-state index >= 15 is 0 Å². The van der Waals surface area contributed by atoms with Gasteiger partial charge in [0.25, 0.3) is 0 Å². The van der Waals surface area contributed by atoms with Crippen LogP contribution in [0.25, 0.3) is 0 Å². The first-order chi connectivity index (χ1) is 7.34. The number of hydrogen-bond donors (Lipinski definition) is 0. The lowest BCUT2D eigenvalue weighted by molar-refractivity contribution is 1.05. The molecule has 0 nitrogen and oxygen atoms in total. The largest absolute Gasteiger partial charge is 0.149 e. The van der Waals surface area contributed by atoms with Crippen LogP contribution in [0.15, 0.2) is 41.8 Å². The van der Waals surface area contributed by atoms with Gasteiger partial charge in [-0.25, -0.2) is 0 Å². The number of thiophene rings is 1. The van der Waals surface area contributed by atoms with E-state index in [1.54, 1.807) is 0 Å². The summed E-state index contributed by atoms with van der Waals surface area (Å²) in [6.45, 7) is 0. The van der Waals surface area contributed by atoms with Gasteiger partial charge in [0.15, 0.2) is 0 Å². The summed E-state index contributed by atoms with van der Waals surface area (Å²) >= 11 is 7.74. The fraction of sp³-hybridized carbons (Fsp3) is 0.231. The average molecular weight is 235 g/mol. The summed E-state index contributed by atoms with van der Waals surface area (Å²) in [5.41, 5.74) is 1.43. The third-order valence-electron chi connectivity index (χ3n) is 3.00. The van der Waals surface area contributed by atoms with Crippen molar-refractivity contribution in [1.29, 1.82) is 0 Å². The molecule has 1 aromatic carbocycles. The Labute approximate surface area is 98.5 Å². The molecule has 0 amide bonds. The van der Waals surface area contributed by atoms with Crippen LogP contribution in [-0.4, -0.2) is 0 Å². The molecular formula is C13H11ClS. The minimum Gasteiger partial charge on any atom is -0.149 e. The Hall–Kier alpha value is -0.790. The van der Waals surface area contributed by atoms with Crippen LogP contribution in [0.1, 0.15) is 28.7 Å². The van der Waals surface area contributed by atoms with Crippen molar-refractivity contribution in [1.82, 2.24) is 0 Å². The van der Waals surface area contributed by atoms with Crippen molar-refractivity contribution in [2.24, 2.45) is 0 Å². The van der Waals surface area contributed by atoms with Gasteiger partial charge < -0.3 is 0 Å². The van der Waals surface area contributed by atoms with Crippen molar-refractivity contribution in [2.75, 3.05) is 0 Å². The van der Waals surface area contributed by atoms with Crippen LogP contribution in [0.2, 0.25) is 5.02 Å². The highest BCUT2D eigenvalue weighted by Gasteiger charge is 2.39. The average Bonchev–Trinajstić information content (AvgIpc) is 2.87. The molecule has 1 saturated carbocycles. The molecule has 2 heteroatoms. The molecule has 0 aliphatic heterocycles. The van der Waals surface area contributed by atoms with Gasteiger partial charge in [0, 0.05) is 15.8 Å². The molecule has 15 heavy (non-hydrogen) atoms. The first-order valence-electron chi connectivity index (χ1n) is 5.13. The van der Waals surface area contributed by atoms with Crippen LogP contribution in [0.4, 0.5) is 0 Å². The number of benzene rings is 1. The third-order valence-corrected chi connectivity index (χ3v) is 4.25. The predicted molar refractivity (Wildman–Crippen MR) is 65.9 cm³/mol. The third kappa shape index (κ3) is 1.82. The highest BCUT2D eigenvalue weighted by Crippen LogP contribution is 2.55. The predicted octanol–water partition coefficient (Wildman–Crippen LogP) is 4.67. The Morgan fingerprint density at radius 2 is 1.87 bits per heavy atom. The van der Waals surface area contributed by atoms with Gasteiger partial charge in [-0.05, 0) is 41.5 Å². The zero-order valence-electron chi connectivity index (χ0n) is 8.19. The van der Waals surface area contributed by atoms with Crippen molar-refractivity contribution in [2.45, 2.75) is 18.3 Å². The molecule has 0 spiro atoms. The summed E-state index contributed by atoms with van der Waals surface area (Å²) < 4.78 is 0. The van der Waals surface area contributed by atoms with E-state index in [2.05, 4.69) is 29.6 Å². The molecule has 1 aliphatic carbocycles. The molecule has 3 rings (SSSR count). The van der Waals surface area contributed by atoms with Crippen molar-refractivity contribution >= 4 is 22.9 Å². The van der Waals surface area contributed by atoms with E-state index in [4.69, 9.17) is 11.6 Å². The Kier molecular flexibility index (Phi) is 2.30. The first-order valence-corrected chi connectivity index (χ1v) is 6.39. The summed E-state index contributed by atoms with van der Waals surface area (Å²) in [5, 5.41) is 2.99. The highest BCUT2D eigenvalue weighted by molar-refractivity contribution is 7.10. The molecule has 0 bridgehead atoms. The quantitative estimate of drug-likeness (QED) is 0.708. The smallest absolute Gasteiger partial charge is 0.0406 e. The van der Waals surface area contributed by atoms with Crippen molar-refractivity contribution < 1.29 is 0 Å². The van der Waals surface area contributed by atoms with Crippen LogP contribution in [0, 0.1) is 0 Å². The minimum atomic E-state index is 0.723. The van der Waals surface area contributed by atoms with Crippen molar-refractivity contribution in [3.8, 4) is 0 Å². The maximum atomic E-state index is 5.87. The van der Waals surface area contributed by atoms with E-state index in [-0.39, 0.29) is 0 Å². The molecular weight excluding hydrogens is 224 g/mol. The lowest BCUT2D eigenvalue weighted by Crippen LogP contribution is -1.80. The molecule has 2 unspecified atom stereocenters. The molecule has 0 saturated heterocycles. The zero-order chi connectivity index (χ0) is 10.3. The van der Waals surface area contributed by atoms with Gasteiger partial charge in [-0.2, -0.15) is 0 Å². The normalized spacial score (nSPS) is 24.1. The maximum Gasteiger partial charge on any atom is 0.0406 e. The van der Waals surface area contributed by atoms with Crippen molar-refractivity contribution in [3.05, 3.63) is 57.2 Å². The SMILES string of the molecule is Clc1ccc(C2CC2c2cccs2)cc1. The summed E-state index contributed by atoms with van der Waals surface area (Å²) in [7, 11) is 0. The van der Waals surface area contributed by atoms with E-state index in [0.29, 0.717) is 0 Å². The van der Waals surface area contributed by atoms with Crippen LogP contribution >= 0.6 is 22.9 Å². The molecule has 1 aromatic heterocycles. The second-order valence-electron chi connectivity index (χ2n) is 4.02. The number of hydrogen-bond acceptors (Lipinski definition) is 1. The van der Waals surface area contributed by atoms with Crippen LogP contribution < -0.4 is 0 Å². The van der Waals surface area contributed by atoms with E-state index in [9.17, 15) is 0 Å². The Bertz CT molecular complexity index is 444. The number of halogens is 1. The van der Waals surface area contributed by atoms with E-state index < -0.39 is 0 Å². The summed E-state index contributed by atoms with van der Waals surface area (Å²) in [4.78, 5) is 1.52. The molecule has 1 fully saturated rings. The second kappa shape index (κ2) is 3.66. The lowest BCUT2D eigenvalue weighted by Gasteiger charge is -1.99. The second-order valence-corrected chi connectivity index (χ2v) is 5.43. The Morgan fingerprint density at radius 1 is 1.07 bits per heavy atom. The molecule has 76 valence electrons. The minimum absolute atomic E-state index is 0.723. The van der Waals surface area contributed by atoms with Gasteiger partial charge in [-0.15, -0.1) is 11.3 Å². The first kappa shape index (κ1) is 9.44. The monoisotopic (exact) mass is 234 g/mol. The van der Waals surface area contributed by atoms with E-state index in [1.165, 1.54) is 16.9 Å². The molecule has 1 aliphatic rings. The molecule has 0 N–H and O–H groups in total. The molecule has 0 radical (unpaired) electrons. The van der Waals surface area contributed by atoms with E-state index in [1.807, 2.05) is 23.5 Å². The summed E-state index contributed by atoms with van der Waals surface area (Å²) in [6.07, 6.45) is 1.29. The summed E-state index contributed by atoms with van der Waals surface area (Å²) in [6, 6.07) is 12.7. The van der Waals surface area contributed by atoms with Gasteiger partial charge >= 0.3 is 0 Å². The Morgan fingerprint density at radius 3 is 2.53 bits per heavy atom. The fourth-order valence-electron chi connectivity index (χ4n) is 2.09. The van der Waals surface area contributed by atoms with Gasteiger partial charge in [-0.3, -0.25) is 0 Å². The van der Waals surface area contributed by atoms with Crippen molar-refractivity contribution in [3.63, 3.8) is 0 Å². The van der Waals surface area contributed by atoms with Crippen LogP contribution in [-0.2, 0) is 0 Å². The lowest BCUT2D eigenvalue weighted by atomic mass is 10.1. The maximum absolute atomic E-state index is 5.87. The zero-order valence-corrected chi connectivity index (χ0v) is 9.76. The van der Waals surface area contributed by atoms with Gasteiger partial charge in [0.1, 0.15) is 0 Å². The highest BCUT2D eigenvalue weighted by atomic mass is 35.5. The van der Waals surface area contributed by atoms with Crippen LogP contribution in [0.3, 0.4) is 0 Å². The fourth-order valence-corrected chi connectivity index (χ4v) is 3.12. The Balaban J connectivity index is 1.79. The van der Waals surface area contributed by atoms with Gasteiger partial charge in [-0.1, -0.05) is 29.8 Å². The molecule has 2 aromatic rings. The molecule has 1 heterocycles. The van der Waals surface area contributed by atoms with E-state index in [0.717, 1.165) is 16.9 Å². The van der Waals surface area contributed by atoms with Crippen LogP contribution in [0.5, 0.6) is 0 Å². The standard InChI is InChI=1S/C13H11ClS/c14-10-5-3-9(4-6-10)11-8-12(11)13-2-1-7-15-13/h1-7,11-12H,8H2. The number of rotatable bonds is 2. The van der Waals surface area contributed by atoms with Gasteiger partial charge in [0.05, 0.1) is 0 Å². The topological polar surface area (TPSA) is 0 Å².